The van der Waals surface area contributed by atoms with Gasteiger partial charge in [-0.2, -0.15) is 0 Å². The number of aromatic nitrogens is 2. The van der Waals surface area contributed by atoms with Crippen LogP contribution in [-0.2, 0) is 4.79 Å². The molecule has 0 spiro atoms. The summed E-state index contributed by atoms with van der Waals surface area (Å²) in [5.41, 5.74) is 3.48. The van der Waals surface area contributed by atoms with Gasteiger partial charge in [0.1, 0.15) is 11.0 Å². The molecular formula is C18H22ClN3O2S. The largest absolute Gasteiger partial charge is 0.481 e. The number of nitrogens with zero attached hydrogens (tertiary/aromatic N) is 3. The summed E-state index contributed by atoms with van der Waals surface area (Å²) in [6, 6.07) is 7.90. The number of anilines is 2. The van der Waals surface area contributed by atoms with E-state index in [2.05, 4.69) is 47.8 Å². The smallest absolute Gasteiger partial charge is 0.313 e. The number of carboxylic acid groups (broad SMARTS) is 1. The number of aryl methyl sites for hydroxylation is 1. The number of hydrogen-bond acceptors (Lipinski definition) is 5. The molecule has 2 rings (SSSR count). The molecule has 7 heteroatoms. The maximum absolute atomic E-state index is 10.8. The number of halogens is 1. The molecule has 0 unspecified atom stereocenters. The van der Waals surface area contributed by atoms with Gasteiger partial charge in [-0.05, 0) is 37.5 Å². The number of carbonyl (C=O) groups is 1. The fourth-order valence-corrected chi connectivity index (χ4v) is 3.22. The molecular weight excluding hydrogens is 358 g/mol. The third kappa shape index (κ3) is 5.34. The van der Waals surface area contributed by atoms with Gasteiger partial charge in [-0.3, -0.25) is 4.79 Å². The van der Waals surface area contributed by atoms with Crippen molar-refractivity contribution >= 4 is 40.8 Å². The van der Waals surface area contributed by atoms with E-state index >= 15 is 0 Å². The summed E-state index contributed by atoms with van der Waals surface area (Å²) >= 11 is 7.23. The number of aliphatic carboxylic acids is 1. The number of carboxylic acids is 1. The van der Waals surface area contributed by atoms with Crippen molar-refractivity contribution in [3.63, 3.8) is 0 Å². The van der Waals surface area contributed by atoms with Gasteiger partial charge in [-0.1, -0.05) is 48.8 Å². The molecule has 0 aliphatic rings. The molecule has 0 atom stereocenters. The van der Waals surface area contributed by atoms with Gasteiger partial charge in [0.2, 0.25) is 0 Å². The van der Waals surface area contributed by atoms with E-state index in [0.717, 1.165) is 36.8 Å². The van der Waals surface area contributed by atoms with E-state index in [1.807, 2.05) is 6.07 Å². The van der Waals surface area contributed by atoms with E-state index in [1.165, 1.54) is 11.1 Å². The Bertz CT molecular complexity index is 755. The number of benzene rings is 1. The van der Waals surface area contributed by atoms with Gasteiger partial charge in [0.25, 0.3) is 0 Å². The van der Waals surface area contributed by atoms with Crippen molar-refractivity contribution in [2.75, 3.05) is 17.2 Å². The van der Waals surface area contributed by atoms with Crippen LogP contribution in [0.15, 0.2) is 29.4 Å². The summed E-state index contributed by atoms with van der Waals surface area (Å²) in [5, 5.41) is 9.55. The zero-order valence-electron chi connectivity index (χ0n) is 14.6. The number of rotatable bonds is 8. The molecule has 0 saturated carbocycles. The van der Waals surface area contributed by atoms with Gasteiger partial charge in [0, 0.05) is 18.3 Å². The molecule has 0 aliphatic heterocycles. The molecule has 0 bridgehead atoms. The van der Waals surface area contributed by atoms with Crippen LogP contribution < -0.4 is 4.90 Å². The zero-order valence-corrected chi connectivity index (χ0v) is 16.2. The monoisotopic (exact) mass is 379 g/mol. The van der Waals surface area contributed by atoms with Crippen LogP contribution in [-0.4, -0.2) is 33.3 Å². The average Bonchev–Trinajstić information content (AvgIpc) is 2.56. The van der Waals surface area contributed by atoms with Crippen LogP contribution in [0, 0.1) is 13.8 Å². The second kappa shape index (κ2) is 9.06. The highest BCUT2D eigenvalue weighted by Crippen LogP contribution is 2.31. The average molecular weight is 380 g/mol. The SMILES string of the molecule is CCCCN(c1cc(Cl)nc(SCC(=O)O)n1)c1cccc(C)c1C. The van der Waals surface area contributed by atoms with Crippen LogP contribution in [0.25, 0.3) is 0 Å². The minimum Gasteiger partial charge on any atom is -0.481 e. The maximum atomic E-state index is 10.8. The molecule has 0 saturated heterocycles. The Kier molecular flexibility index (Phi) is 7.08. The fourth-order valence-electron chi connectivity index (χ4n) is 2.42. The first-order chi connectivity index (χ1) is 11.9. The minimum absolute atomic E-state index is 0.0990. The Balaban J connectivity index is 2.43. The molecule has 0 aliphatic carbocycles. The van der Waals surface area contributed by atoms with Gasteiger partial charge in [0.05, 0.1) is 5.75 Å². The van der Waals surface area contributed by atoms with Crippen molar-refractivity contribution in [2.24, 2.45) is 0 Å². The van der Waals surface area contributed by atoms with Crippen molar-refractivity contribution in [2.45, 2.75) is 38.8 Å². The molecule has 25 heavy (non-hydrogen) atoms. The summed E-state index contributed by atoms with van der Waals surface area (Å²) in [4.78, 5) is 21.6. The normalized spacial score (nSPS) is 10.7. The van der Waals surface area contributed by atoms with Crippen LogP contribution in [0.3, 0.4) is 0 Å². The second-order valence-corrected chi connectivity index (χ2v) is 7.07. The number of thioether (sulfide) groups is 1. The Labute approximate surface area is 157 Å². The molecule has 0 radical (unpaired) electrons. The van der Waals surface area contributed by atoms with Crippen LogP contribution in [0.2, 0.25) is 5.15 Å². The van der Waals surface area contributed by atoms with Crippen molar-refractivity contribution in [1.29, 1.82) is 0 Å². The highest BCUT2D eigenvalue weighted by atomic mass is 35.5. The summed E-state index contributed by atoms with van der Waals surface area (Å²) in [7, 11) is 0. The van der Waals surface area contributed by atoms with Gasteiger partial charge in [-0.15, -0.1) is 0 Å². The lowest BCUT2D eigenvalue weighted by Gasteiger charge is -2.26. The molecule has 5 nitrogen and oxygen atoms in total. The van der Waals surface area contributed by atoms with E-state index in [0.29, 0.717) is 16.1 Å². The second-order valence-electron chi connectivity index (χ2n) is 5.74. The summed E-state index contributed by atoms with van der Waals surface area (Å²) < 4.78 is 0. The van der Waals surface area contributed by atoms with E-state index < -0.39 is 5.97 Å². The molecule has 0 amide bonds. The Morgan fingerprint density at radius 3 is 2.76 bits per heavy atom. The number of unbranched alkanes of at least 4 members (excludes halogenated alkanes) is 1. The van der Waals surface area contributed by atoms with Crippen molar-refractivity contribution in [3.8, 4) is 0 Å². The predicted molar refractivity (Wildman–Crippen MR) is 103 cm³/mol. The van der Waals surface area contributed by atoms with Crippen molar-refractivity contribution in [3.05, 3.63) is 40.5 Å². The van der Waals surface area contributed by atoms with E-state index in [1.54, 1.807) is 6.07 Å². The molecule has 1 aromatic heterocycles. The fraction of sp³-hybridized carbons (Fsp3) is 0.389. The minimum atomic E-state index is -0.910. The van der Waals surface area contributed by atoms with Crippen molar-refractivity contribution in [1.82, 2.24) is 9.97 Å². The highest BCUT2D eigenvalue weighted by molar-refractivity contribution is 7.99. The predicted octanol–water partition coefficient (Wildman–Crippen LogP) is 4.86. The lowest BCUT2D eigenvalue weighted by atomic mass is 10.1. The van der Waals surface area contributed by atoms with Crippen molar-refractivity contribution < 1.29 is 9.90 Å². The third-order valence-corrected chi connectivity index (χ3v) is 4.89. The summed E-state index contributed by atoms with van der Waals surface area (Å²) in [6.45, 7) is 7.12. The Morgan fingerprint density at radius 2 is 2.08 bits per heavy atom. The van der Waals surface area contributed by atoms with E-state index in [-0.39, 0.29) is 5.75 Å². The van der Waals surface area contributed by atoms with E-state index in [4.69, 9.17) is 16.7 Å². The molecule has 2 aromatic rings. The van der Waals surface area contributed by atoms with Gasteiger partial charge in [0.15, 0.2) is 5.16 Å². The van der Waals surface area contributed by atoms with E-state index in [9.17, 15) is 4.79 Å². The molecule has 1 heterocycles. The topological polar surface area (TPSA) is 66.3 Å². The van der Waals surface area contributed by atoms with Crippen LogP contribution in [0.1, 0.15) is 30.9 Å². The zero-order chi connectivity index (χ0) is 18.4. The summed E-state index contributed by atoms with van der Waals surface area (Å²) in [5.74, 6) is -0.319. The Morgan fingerprint density at radius 1 is 1.32 bits per heavy atom. The maximum Gasteiger partial charge on any atom is 0.313 e. The lowest BCUT2D eigenvalue weighted by molar-refractivity contribution is -0.133. The first-order valence-corrected chi connectivity index (χ1v) is 9.51. The third-order valence-electron chi connectivity index (χ3n) is 3.86. The number of hydrogen-bond donors (Lipinski definition) is 1. The Hall–Kier alpha value is -1.79. The first-order valence-electron chi connectivity index (χ1n) is 8.15. The standard InChI is InChI=1S/C18H22ClN3O2S/c1-4-5-9-22(14-8-6-7-12(2)13(14)3)16-10-15(19)20-18(21-16)25-11-17(23)24/h6-8,10H,4-5,9,11H2,1-3H3,(H,23,24). The molecule has 0 fully saturated rings. The lowest BCUT2D eigenvalue weighted by Crippen LogP contribution is -2.21. The quantitative estimate of drug-likeness (QED) is 0.401. The van der Waals surface area contributed by atoms with Gasteiger partial charge >= 0.3 is 5.97 Å². The first kappa shape index (κ1) is 19.5. The molecule has 1 N–H and O–H groups in total. The molecule has 134 valence electrons. The van der Waals surface area contributed by atoms with Gasteiger partial charge in [-0.25, -0.2) is 9.97 Å². The van der Waals surface area contributed by atoms with Crippen LogP contribution in [0.5, 0.6) is 0 Å². The summed E-state index contributed by atoms with van der Waals surface area (Å²) in [6.07, 6.45) is 2.06. The molecule has 1 aromatic carbocycles. The van der Waals surface area contributed by atoms with Crippen LogP contribution >= 0.6 is 23.4 Å². The highest BCUT2D eigenvalue weighted by Gasteiger charge is 2.16. The van der Waals surface area contributed by atoms with Gasteiger partial charge < -0.3 is 10.0 Å². The van der Waals surface area contributed by atoms with Crippen LogP contribution in [0.4, 0.5) is 11.5 Å².